The summed E-state index contributed by atoms with van der Waals surface area (Å²) in [7, 11) is -0.689. The van der Waals surface area contributed by atoms with Crippen LogP contribution >= 0.6 is 0 Å². The average molecular weight is 287 g/mol. The third kappa shape index (κ3) is 4.02. The molecule has 0 amide bonds. The quantitative estimate of drug-likeness (QED) is 0.844. The molecule has 4 atom stereocenters. The van der Waals surface area contributed by atoms with E-state index in [1.54, 1.807) is 0 Å². The third-order valence-electron chi connectivity index (χ3n) is 4.74. The highest BCUT2D eigenvalue weighted by Gasteiger charge is 2.36. The predicted molar refractivity (Wildman–Crippen MR) is 80.9 cm³/mol. The molecule has 4 unspecified atom stereocenters. The lowest BCUT2D eigenvalue weighted by Gasteiger charge is -2.38. The summed E-state index contributed by atoms with van der Waals surface area (Å²) >= 11 is 0. The van der Waals surface area contributed by atoms with Crippen molar-refractivity contribution in [1.82, 2.24) is 5.32 Å². The lowest BCUT2D eigenvalue weighted by Crippen LogP contribution is -2.48. The van der Waals surface area contributed by atoms with Gasteiger partial charge in [-0.05, 0) is 44.6 Å². The van der Waals surface area contributed by atoms with Gasteiger partial charge < -0.3 is 10.1 Å². The molecule has 3 nitrogen and oxygen atoms in total. The fourth-order valence-corrected chi connectivity index (χ4v) is 5.66. The Bertz CT molecular complexity index is 292. The molecule has 112 valence electrons. The van der Waals surface area contributed by atoms with E-state index in [1.165, 1.54) is 19.3 Å². The topological polar surface area (TPSA) is 38.3 Å². The van der Waals surface area contributed by atoms with Crippen molar-refractivity contribution in [3.63, 3.8) is 0 Å². The number of hydrogen-bond donors (Lipinski definition) is 1. The number of nitrogens with one attached hydrogen (secondary N) is 1. The van der Waals surface area contributed by atoms with E-state index in [9.17, 15) is 4.21 Å². The Morgan fingerprint density at radius 2 is 1.89 bits per heavy atom. The smallest absolute Gasteiger partial charge is 0.0506 e. The van der Waals surface area contributed by atoms with Crippen LogP contribution in [0.1, 0.15) is 52.4 Å². The zero-order valence-corrected chi connectivity index (χ0v) is 13.2. The molecule has 2 aliphatic rings. The zero-order valence-electron chi connectivity index (χ0n) is 12.4. The van der Waals surface area contributed by atoms with Crippen molar-refractivity contribution >= 4 is 10.8 Å². The number of hydrogen-bond acceptors (Lipinski definition) is 3. The molecule has 0 aromatic carbocycles. The summed E-state index contributed by atoms with van der Waals surface area (Å²) in [5.74, 6) is 0.781. The van der Waals surface area contributed by atoms with Gasteiger partial charge in [0.15, 0.2) is 0 Å². The molecule has 2 fully saturated rings. The minimum absolute atomic E-state index is 0.363. The van der Waals surface area contributed by atoms with Crippen molar-refractivity contribution in [2.24, 2.45) is 5.92 Å². The van der Waals surface area contributed by atoms with E-state index < -0.39 is 10.8 Å². The van der Waals surface area contributed by atoms with Gasteiger partial charge in [0.25, 0.3) is 0 Å². The van der Waals surface area contributed by atoms with Crippen LogP contribution in [0.25, 0.3) is 0 Å². The molecule has 2 rings (SSSR count). The summed E-state index contributed by atoms with van der Waals surface area (Å²) in [6.07, 6.45) is 6.86. The summed E-state index contributed by atoms with van der Waals surface area (Å²) in [5.41, 5.74) is 0. The Kier molecular flexibility index (Phi) is 6.30. The molecule has 1 N–H and O–H groups in total. The van der Waals surface area contributed by atoms with Gasteiger partial charge >= 0.3 is 0 Å². The summed E-state index contributed by atoms with van der Waals surface area (Å²) in [6.45, 7) is 7.01. The van der Waals surface area contributed by atoms with Gasteiger partial charge in [0.05, 0.1) is 5.25 Å². The van der Waals surface area contributed by atoms with Crippen molar-refractivity contribution in [3.8, 4) is 0 Å². The minimum atomic E-state index is -0.689. The van der Waals surface area contributed by atoms with Crippen LogP contribution in [0.4, 0.5) is 0 Å². The Balaban J connectivity index is 2.00. The van der Waals surface area contributed by atoms with Gasteiger partial charge in [0, 0.05) is 35.3 Å². The molecule has 0 bridgehead atoms. The molecule has 1 saturated heterocycles. The highest BCUT2D eigenvalue weighted by molar-refractivity contribution is 7.86. The van der Waals surface area contributed by atoms with E-state index in [0.29, 0.717) is 16.5 Å². The Morgan fingerprint density at radius 3 is 2.53 bits per heavy atom. The molecule has 1 aliphatic carbocycles. The maximum atomic E-state index is 12.9. The maximum absolute atomic E-state index is 12.9. The molecule has 19 heavy (non-hydrogen) atoms. The van der Waals surface area contributed by atoms with Crippen molar-refractivity contribution < 1.29 is 8.95 Å². The largest absolute Gasteiger partial charge is 0.381 e. The first-order valence-electron chi connectivity index (χ1n) is 7.96. The molecule has 0 radical (unpaired) electrons. The number of rotatable bonds is 5. The van der Waals surface area contributed by atoms with Gasteiger partial charge in [-0.15, -0.1) is 0 Å². The second kappa shape index (κ2) is 7.75. The van der Waals surface area contributed by atoms with E-state index in [1.807, 2.05) is 0 Å². The lowest BCUT2D eigenvalue weighted by molar-refractivity contribution is 0.0988. The van der Waals surface area contributed by atoms with Gasteiger partial charge in [0.1, 0.15) is 0 Å². The summed E-state index contributed by atoms with van der Waals surface area (Å²) < 4.78 is 18.3. The molecule has 0 spiro atoms. The molecule has 1 saturated carbocycles. The van der Waals surface area contributed by atoms with Crippen LogP contribution in [-0.2, 0) is 15.5 Å². The molecular weight excluding hydrogens is 258 g/mol. The van der Waals surface area contributed by atoms with Crippen LogP contribution < -0.4 is 5.32 Å². The Hall–Kier alpha value is 0.0700. The van der Waals surface area contributed by atoms with E-state index in [-0.39, 0.29) is 0 Å². The first kappa shape index (κ1) is 15.5. The van der Waals surface area contributed by atoms with Crippen LogP contribution in [0.5, 0.6) is 0 Å². The molecule has 0 aromatic heterocycles. The molecule has 0 aromatic rings. The third-order valence-corrected chi connectivity index (χ3v) is 6.99. The second-order valence-corrected chi connectivity index (χ2v) is 7.86. The highest BCUT2D eigenvalue weighted by Crippen LogP contribution is 2.32. The van der Waals surface area contributed by atoms with Crippen molar-refractivity contribution in [2.75, 3.05) is 19.8 Å². The zero-order chi connectivity index (χ0) is 13.7. The van der Waals surface area contributed by atoms with Gasteiger partial charge in [0.2, 0.25) is 0 Å². The van der Waals surface area contributed by atoms with Crippen LogP contribution in [0.3, 0.4) is 0 Å². The van der Waals surface area contributed by atoms with E-state index in [0.717, 1.165) is 44.9 Å². The van der Waals surface area contributed by atoms with E-state index in [4.69, 9.17) is 4.74 Å². The standard InChI is InChI=1S/C15H29NO2S/c1-3-12-5-6-14(16-4-2)15(11-12)19(17)13-7-9-18-10-8-13/h12-16H,3-11H2,1-2H3. The molecule has 4 heteroatoms. The fraction of sp³-hybridized carbons (Fsp3) is 1.00. The molecule has 1 aliphatic heterocycles. The Labute approximate surface area is 120 Å². The van der Waals surface area contributed by atoms with Gasteiger partial charge in [-0.2, -0.15) is 0 Å². The average Bonchev–Trinajstić information content (AvgIpc) is 2.48. The minimum Gasteiger partial charge on any atom is -0.381 e. The molecule has 1 heterocycles. The molecular formula is C15H29NO2S. The van der Waals surface area contributed by atoms with Crippen LogP contribution in [0.15, 0.2) is 0 Å². The Morgan fingerprint density at radius 1 is 1.16 bits per heavy atom. The van der Waals surface area contributed by atoms with Gasteiger partial charge in [-0.3, -0.25) is 4.21 Å². The van der Waals surface area contributed by atoms with Gasteiger partial charge in [-0.25, -0.2) is 0 Å². The SMILES string of the molecule is CCNC1CCC(CC)CC1S(=O)C1CCOCC1. The first-order chi connectivity index (χ1) is 9.26. The normalized spacial score (nSPS) is 35.2. The summed E-state index contributed by atoms with van der Waals surface area (Å²) in [6, 6.07) is 0.469. The van der Waals surface area contributed by atoms with E-state index in [2.05, 4.69) is 19.2 Å². The first-order valence-corrected chi connectivity index (χ1v) is 9.24. The maximum Gasteiger partial charge on any atom is 0.0506 e. The number of ether oxygens (including phenoxy) is 1. The predicted octanol–water partition coefficient (Wildman–Crippen LogP) is 2.47. The van der Waals surface area contributed by atoms with E-state index >= 15 is 0 Å². The lowest BCUT2D eigenvalue weighted by atomic mass is 9.84. The monoisotopic (exact) mass is 287 g/mol. The summed E-state index contributed by atoms with van der Waals surface area (Å²) in [5, 5.41) is 4.31. The van der Waals surface area contributed by atoms with Gasteiger partial charge in [-0.1, -0.05) is 20.3 Å². The van der Waals surface area contributed by atoms with Crippen molar-refractivity contribution in [2.45, 2.75) is 68.9 Å². The van der Waals surface area contributed by atoms with Crippen LogP contribution in [0, 0.1) is 5.92 Å². The summed E-state index contributed by atoms with van der Waals surface area (Å²) in [4.78, 5) is 0. The van der Waals surface area contributed by atoms with Crippen LogP contribution in [0.2, 0.25) is 0 Å². The van der Waals surface area contributed by atoms with Crippen molar-refractivity contribution in [1.29, 1.82) is 0 Å². The fourth-order valence-electron chi connectivity index (χ4n) is 3.49. The second-order valence-electron chi connectivity index (χ2n) is 5.93. The van der Waals surface area contributed by atoms with Crippen LogP contribution in [-0.4, -0.2) is 40.5 Å². The van der Waals surface area contributed by atoms with Crippen molar-refractivity contribution in [3.05, 3.63) is 0 Å². The highest BCUT2D eigenvalue weighted by atomic mass is 32.2.